The summed E-state index contributed by atoms with van der Waals surface area (Å²) >= 11 is 0. The molecule has 4 rings (SSSR count). The zero-order chi connectivity index (χ0) is 19.5. The molecule has 0 unspecified atom stereocenters. The highest BCUT2D eigenvalue weighted by Gasteiger charge is 2.22. The topological polar surface area (TPSA) is 74.2 Å². The van der Waals surface area contributed by atoms with Crippen LogP contribution in [-0.2, 0) is 6.54 Å². The lowest BCUT2D eigenvalue weighted by Gasteiger charge is -2.34. The van der Waals surface area contributed by atoms with Crippen molar-refractivity contribution in [2.24, 2.45) is 0 Å². The molecule has 3 aromatic rings. The lowest BCUT2D eigenvalue weighted by atomic mass is 10.1. The van der Waals surface area contributed by atoms with Gasteiger partial charge in [0.2, 0.25) is 0 Å². The van der Waals surface area contributed by atoms with Crippen molar-refractivity contribution < 1.29 is 4.79 Å². The van der Waals surface area contributed by atoms with Gasteiger partial charge in [0.15, 0.2) is 0 Å². The van der Waals surface area contributed by atoms with E-state index in [0.29, 0.717) is 18.7 Å². The number of hydrogen-bond donors (Lipinski definition) is 1. The SMILES string of the molecule is Cc1c[nH]c(=O)n1-c1ccc(C(=O)N2CCN(Cc3cccnc3)CC2)cc1. The Morgan fingerprint density at radius 3 is 2.46 bits per heavy atom. The highest BCUT2D eigenvalue weighted by Crippen LogP contribution is 2.14. The van der Waals surface area contributed by atoms with Gasteiger partial charge in [-0.25, -0.2) is 4.79 Å². The first-order valence-corrected chi connectivity index (χ1v) is 9.40. The van der Waals surface area contributed by atoms with Crippen LogP contribution in [0.4, 0.5) is 0 Å². The summed E-state index contributed by atoms with van der Waals surface area (Å²) in [4.78, 5) is 35.8. The number of nitrogens with zero attached hydrogens (tertiary/aromatic N) is 4. The van der Waals surface area contributed by atoms with Crippen LogP contribution in [0.2, 0.25) is 0 Å². The maximum Gasteiger partial charge on any atom is 0.330 e. The van der Waals surface area contributed by atoms with Gasteiger partial charge in [0.25, 0.3) is 5.91 Å². The van der Waals surface area contributed by atoms with Gasteiger partial charge in [-0.1, -0.05) is 6.07 Å². The lowest BCUT2D eigenvalue weighted by molar-refractivity contribution is 0.0628. The van der Waals surface area contributed by atoms with E-state index in [1.54, 1.807) is 29.1 Å². The van der Waals surface area contributed by atoms with E-state index in [-0.39, 0.29) is 11.6 Å². The average Bonchev–Trinajstić information content (AvgIpc) is 3.07. The van der Waals surface area contributed by atoms with Crippen LogP contribution < -0.4 is 5.69 Å². The maximum atomic E-state index is 12.8. The summed E-state index contributed by atoms with van der Waals surface area (Å²) in [7, 11) is 0. The number of nitrogens with one attached hydrogen (secondary N) is 1. The van der Waals surface area contributed by atoms with Gasteiger partial charge in [0, 0.05) is 62.6 Å². The molecule has 7 nitrogen and oxygen atoms in total. The van der Waals surface area contributed by atoms with E-state index in [1.807, 2.05) is 36.2 Å². The van der Waals surface area contributed by atoms with E-state index in [0.717, 1.165) is 31.0 Å². The van der Waals surface area contributed by atoms with E-state index in [1.165, 1.54) is 5.56 Å². The van der Waals surface area contributed by atoms with Crippen molar-refractivity contribution in [3.05, 3.63) is 82.3 Å². The van der Waals surface area contributed by atoms with Gasteiger partial charge >= 0.3 is 5.69 Å². The van der Waals surface area contributed by atoms with Crippen LogP contribution in [0.25, 0.3) is 5.69 Å². The Balaban J connectivity index is 1.38. The van der Waals surface area contributed by atoms with Crippen LogP contribution in [0, 0.1) is 6.92 Å². The van der Waals surface area contributed by atoms with Gasteiger partial charge < -0.3 is 9.88 Å². The summed E-state index contributed by atoms with van der Waals surface area (Å²) in [6, 6.07) is 11.2. The first-order valence-electron chi connectivity index (χ1n) is 9.40. The summed E-state index contributed by atoms with van der Waals surface area (Å²) in [5, 5.41) is 0. The number of carbonyl (C=O) groups is 1. The summed E-state index contributed by atoms with van der Waals surface area (Å²) in [6.45, 7) is 5.82. The molecule has 7 heteroatoms. The highest BCUT2D eigenvalue weighted by molar-refractivity contribution is 5.94. The number of aromatic amines is 1. The summed E-state index contributed by atoms with van der Waals surface area (Å²) in [5.41, 5.74) is 3.23. The van der Waals surface area contributed by atoms with Crippen molar-refractivity contribution in [3.63, 3.8) is 0 Å². The number of imidazole rings is 1. The highest BCUT2D eigenvalue weighted by atomic mass is 16.2. The molecule has 1 fully saturated rings. The molecule has 1 amide bonds. The Morgan fingerprint density at radius 2 is 1.86 bits per heavy atom. The molecule has 1 aliphatic rings. The number of pyridine rings is 1. The predicted molar refractivity (Wildman–Crippen MR) is 107 cm³/mol. The summed E-state index contributed by atoms with van der Waals surface area (Å²) < 4.78 is 1.59. The molecule has 0 radical (unpaired) electrons. The number of aromatic nitrogens is 3. The van der Waals surface area contributed by atoms with E-state index in [4.69, 9.17) is 0 Å². The van der Waals surface area contributed by atoms with Crippen molar-refractivity contribution in [1.82, 2.24) is 24.3 Å². The van der Waals surface area contributed by atoms with E-state index in [2.05, 4.69) is 20.9 Å². The minimum atomic E-state index is -0.179. The summed E-state index contributed by atoms with van der Waals surface area (Å²) in [6.07, 6.45) is 5.34. The molecule has 0 bridgehead atoms. The van der Waals surface area contributed by atoms with Gasteiger partial charge in [-0.2, -0.15) is 0 Å². The predicted octanol–water partition coefficient (Wildman–Crippen LogP) is 1.83. The normalized spacial score (nSPS) is 15.0. The monoisotopic (exact) mass is 377 g/mol. The number of hydrogen-bond acceptors (Lipinski definition) is 4. The van der Waals surface area contributed by atoms with E-state index >= 15 is 0 Å². The molecule has 1 saturated heterocycles. The Kier molecular flexibility index (Phi) is 5.08. The maximum absolute atomic E-state index is 12.8. The number of aryl methyl sites for hydroxylation is 1. The fourth-order valence-electron chi connectivity index (χ4n) is 3.57. The number of H-pyrrole nitrogens is 1. The fraction of sp³-hybridized carbons (Fsp3) is 0.286. The van der Waals surface area contributed by atoms with Crippen LogP contribution in [-0.4, -0.2) is 56.4 Å². The van der Waals surface area contributed by atoms with Crippen molar-refractivity contribution in [2.75, 3.05) is 26.2 Å². The van der Waals surface area contributed by atoms with Gasteiger partial charge in [-0.3, -0.25) is 19.2 Å². The second-order valence-electron chi connectivity index (χ2n) is 7.05. The smallest absolute Gasteiger partial charge is 0.330 e. The van der Waals surface area contributed by atoms with Crippen molar-refractivity contribution in [1.29, 1.82) is 0 Å². The van der Waals surface area contributed by atoms with Gasteiger partial charge in [-0.05, 0) is 42.8 Å². The van der Waals surface area contributed by atoms with Crippen LogP contribution in [0.1, 0.15) is 21.6 Å². The quantitative estimate of drug-likeness (QED) is 0.753. The Labute approximate surface area is 163 Å². The first kappa shape index (κ1) is 18.2. The third-order valence-corrected chi connectivity index (χ3v) is 5.12. The molecular weight excluding hydrogens is 354 g/mol. The van der Waals surface area contributed by atoms with Crippen molar-refractivity contribution >= 4 is 5.91 Å². The number of amides is 1. The average molecular weight is 377 g/mol. The van der Waals surface area contributed by atoms with E-state index in [9.17, 15) is 9.59 Å². The Morgan fingerprint density at radius 1 is 1.11 bits per heavy atom. The second-order valence-corrected chi connectivity index (χ2v) is 7.05. The fourth-order valence-corrected chi connectivity index (χ4v) is 3.57. The Bertz CT molecular complexity index is 999. The molecule has 0 aliphatic carbocycles. The van der Waals surface area contributed by atoms with Crippen LogP contribution in [0.5, 0.6) is 0 Å². The zero-order valence-corrected chi connectivity index (χ0v) is 15.8. The standard InChI is InChI=1S/C21H23N5O2/c1-16-13-23-21(28)26(16)19-6-4-18(5-7-19)20(27)25-11-9-24(10-12-25)15-17-3-2-8-22-14-17/h2-8,13-14H,9-12,15H2,1H3,(H,23,28). The molecule has 0 atom stereocenters. The van der Waals surface area contributed by atoms with Gasteiger partial charge in [0.1, 0.15) is 0 Å². The van der Waals surface area contributed by atoms with Crippen LogP contribution in [0.15, 0.2) is 59.8 Å². The van der Waals surface area contributed by atoms with E-state index < -0.39 is 0 Å². The van der Waals surface area contributed by atoms with Gasteiger partial charge in [-0.15, -0.1) is 0 Å². The lowest BCUT2D eigenvalue weighted by Crippen LogP contribution is -2.48. The van der Waals surface area contributed by atoms with Gasteiger partial charge in [0.05, 0.1) is 5.69 Å². The third kappa shape index (κ3) is 3.75. The molecule has 28 heavy (non-hydrogen) atoms. The summed E-state index contributed by atoms with van der Waals surface area (Å²) in [5.74, 6) is 0.0331. The molecule has 0 saturated carbocycles. The molecular formula is C21H23N5O2. The molecule has 144 valence electrons. The number of piperazine rings is 1. The number of benzene rings is 1. The largest absolute Gasteiger partial charge is 0.336 e. The number of carbonyl (C=O) groups excluding carboxylic acids is 1. The Hall–Kier alpha value is -3.19. The molecule has 3 heterocycles. The third-order valence-electron chi connectivity index (χ3n) is 5.12. The molecule has 0 spiro atoms. The van der Waals surface area contributed by atoms with Crippen LogP contribution in [0.3, 0.4) is 0 Å². The second kappa shape index (κ2) is 7.82. The minimum absolute atomic E-state index is 0.0331. The minimum Gasteiger partial charge on any atom is -0.336 e. The van der Waals surface area contributed by atoms with Crippen molar-refractivity contribution in [2.45, 2.75) is 13.5 Å². The molecule has 1 aliphatic heterocycles. The van der Waals surface area contributed by atoms with Crippen LogP contribution >= 0.6 is 0 Å². The van der Waals surface area contributed by atoms with Crippen molar-refractivity contribution in [3.8, 4) is 5.69 Å². The number of rotatable bonds is 4. The molecule has 1 N–H and O–H groups in total. The molecule has 1 aromatic carbocycles. The first-order chi connectivity index (χ1) is 13.6. The molecule has 2 aromatic heterocycles. The zero-order valence-electron chi connectivity index (χ0n) is 15.8.